The lowest BCUT2D eigenvalue weighted by atomic mass is 10.00. The molecule has 2 atom stereocenters. The summed E-state index contributed by atoms with van der Waals surface area (Å²) in [4.78, 5) is 24.4. The van der Waals surface area contributed by atoms with Crippen LogP contribution in [0.25, 0.3) is 0 Å². The lowest BCUT2D eigenvalue weighted by Crippen LogP contribution is -2.51. The molecule has 0 bridgehead atoms. The number of aromatic nitrogens is 2. The molecule has 0 saturated heterocycles. The molecule has 1 amide bonds. The molecule has 3 N–H and O–H groups in total. The lowest BCUT2D eigenvalue weighted by Gasteiger charge is -2.36. The highest BCUT2D eigenvalue weighted by Crippen LogP contribution is 2.34. The number of nitrogens with one attached hydrogen (secondary N) is 1. The van der Waals surface area contributed by atoms with Crippen LogP contribution in [0.4, 0.5) is 27.8 Å². The standard InChI is InChI=1S/C19H20F5N7O2S/c1-10-6-11(20)7-26-14(10)16(32)29-13-5-4-12(21)15(28-13)18(2)9-34(33,27-8-19(22,23)24)31(3)17(25)30-18/h4-7H,8-9H2,1-3H3,(H2,25,30)(H,28,29,32)/t18-,34+/m0/s1. The van der Waals surface area contributed by atoms with Crippen LogP contribution in [0.15, 0.2) is 33.8 Å². The van der Waals surface area contributed by atoms with Gasteiger partial charge in [0.15, 0.2) is 0 Å². The number of rotatable bonds is 4. The van der Waals surface area contributed by atoms with E-state index in [0.717, 1.165) is 28.7 Å². The predicted molar refractivity (Wildman–Crippen MR) is 114 cm³/mol. The molecule has 0 spiro atoms. The minimum atomic E-state index is -4.72. The molecule has 9 nitrogen and oxygen atoms in total. The molecule has 2 aromatic rings. The van der Waals surface area contributed by atoms with Crippen LogP contribution in [-0.2, 0) is 15.5 Å². The molecule has 0 aromatic carbocycles. The zero-order valence-electron chi connectivity index (χ0n) is 18.2. The van der Waals surface area contributed by atoms with Gasteiger partial charge in [0.2, 0.25) is 5.96 Å². The Kier molecular flexibility index (Phi) is 6.52. The summed E-state index contributed by atoms with van der Waals surface area (Å²) >= 11 is 0. The van der Waals surface area contributed by atoms with E-state index in [1.807, 2.05) is 0 Å². The summed E-state index contributed by atoms with van der Waals surface area (Å²) in [6.07, 6.45) is -3.87. The van der Waals surface area contributed by atoms with Crippen LogP contribution in [0.5, 0.6) is 0 Å². The number of halogens is 5. The Morgan fingerprint density at radius 3 is 2.65 bits per heavy atom. The van der Waals surface area contributed by atoms with Crippen molar-refractivity contribution in [2.24, 2.45) is 15.1 Å². The fourth-order valence-corrected chi connectivity index (χ4v) is 5.31. The van der Waals surface area contributed by atoms with Gasteiger partial charge in [-0.05, 0) is 37.6 Å². The van der Waals surface area contributed by atoms with Crippen molar-refractivity contribution in [3.63, 3.8) is 0 Å². The highest BCUT2D eigenvalue weighted by Gasteiger charge is 2.42. The van der Waals surface area contributed by atoms with Gasteiger partial charge in [-0.3, -0.25) is 9.10 Å². The third kappa shape index (κ3) is 5.24. The SMILES string of the molecule is Cc1cc(F)cnc1C(=O)Nc1ccc(F)c([C@]2(C)C[S@@](=O)(=NCC(F)(F)F)N(C)C(N)=N2)n1. The van der Waals surface area contributed by atoms with Gasteiger partial charge in [-0.1, -0.05) is 0 Å². The van der Waals surface area contributed by atoms with Crippen molar-refractivity contribution in [3.05, 3.63) is 53.0 Å². The Hall–Kier alpha value is -3.36. The number of aliphatic imine (C=N–C) groups is 1. The molecule has 1 aliphatic heterocycles. The number of amides is 1. The van der Waals surface area contributed by atoms with Crippen LogP contribution in [0.1, 0.15) is 28.7 Å². The normalized spacial score (nSPS) is 22.8. The van der Waals surface area contributed by atoms with E-state index in [2.05, 4.69) is 24.6 Å². The van der Waals surface area contributed by atoms with Gasteiger partial charge in [0, 0.05) is 7.05 Å². The first-order valence-corrected chi connectivity index (χ1v) is 11.2. The topological polar surface area (TPSA) is 126 Å². The van der Waals surface area contributed by atoms with Gasteiger partial charge in [-0.2, -0.15) is 13.2 Å². The van der Waals surface area contributed by atoms with Crippen LogP contribution >= 0.6 is 0 Å². The fraction of sp³-hybridized carbons (Fsp3) is 0.368. The molecular formula is C19H20F5N7O2S. The Bertz CT molecular complexity index is 1290. The first-order valence-electron chi connectivity index (χ1n) is 9.61. The second-order valence-corrected chi connectivity index (χ2v) is 10.0. The Morgan fingerprint density at radius 2 is 2.03 bits per heavy atom. The molecule has 184 valence electrons. The maximum atomic E-state index is 14.8. The number of anilines is 1. The quantitative estimate of drug-likeness (QED) is 0.618. The number of nitrogens with zero attached hydrogens (tertiary/aromatic N) is 5. The van der Waals surface area contributed by atoms with Crippen molar-refractivity contribution in [2.75, 3.05) is 24.7 Å². The Morgan fingerprint density at radius 1 is 1.35 bits per heavy atom. The Balaban J connectivity index is 2.00. The van der Waals surface area contributed by atoms with Crippen molar-refractivity contribution >= 4 is 27.6 Å². The van der Waals surface area contributed by atoms with Crippen LogP contribution in [0.3, 0.4) is 0 Å². The van der Waals surface area contributed by atoms with E-state index in [-0.39, 0.29) is 17.1 Å². The van der Waals surface area contributed by atoms with E-state index < -0.39 is 63.1 Å². The summed E-state index contributed by atoms with van der Waals surface area (Å²) in [5, 5.41) is 2.39. The Labute approximate surface area is 191 Å². The van der Waals surface area contributed by atoms with Crippen molar-refractivity contribution in [3.8, 4) is 0 Å². The van der Waals surface area contributed by atoms with Gasteiger partial charge >= 0.3 is 6.18 Å². The highest BCUT2D eigenvalue weighted by molar-refractivity contribution is 7.92. The molecule has 3 rings (SSSR count). The maximum absolute atomic E-state index is 14.8. The number of nitrogens with two attached hydrogens (primary N) is 1. The maximum Gasteiger partial charge on any atom is 0.408 e. The van der Waals surface area contributed by atoms with E-state index in [0.29, 0.717) is 0 Å². The summed E-state index contributed by atoms with van der Waals surface area (Å²) in [5.74, 6) is -3.54. The monoisotopic (exact) mass is 505 g/mol. The molecule has 2 aromatic heterocycles. The molecule has 34 heavy (non-hydrogen) atoms. The number of hydrogen-bond acceptors (Lipinski definition) is 7. The minimum absolute atomic E-state index is 0.101. The van der Waals surface area contributed by atoms with Crippen molar-refractivity contribution in [2.45, 2.75) is 25.6 Å². The number of guanidine groups is 1. The molecule has 0 radical (unpaired) electrons. The molecule has 0 unspecified atom stereocenters. The number of carbonyl (C=O) groups is 1. The smallest absolute Gasteiger partial charge is 0.369 e. The van der Waals surface area contributed by atoms with E-state index >= 15 is 0 Å². The zero-order valence-corrected chi connectivity index (χ0v) is 19.0. The zero-order chi connectivity index (χ0) is 25.5. The van der Waals surface area contributed by atoms with E-state index in [1.54, 1.807) is 0 Å². The third-order valence-corrected chi connectivity index (χ3v) is 7.40. The first-order chi connectivity index (χ1) is 15.6. The van der Waals surface area contributed by atoms with Gasteiger partial charge in [0.05, 0.1) is 11.9 Å². The average molecular weight is 505 g/mol. The summed E-state index contributed by atoms with van der Waals surface area (Å²) in [5.41, 5.74) is 3.73. The fourth-order valence-electron chi connectivity index (χ4n) is 3.24. The molecule has 1 aliphatic rings. The number of hydrogen-bond donors (Lipinski definition) is 2. The van der Waals surface area contributed by atoms with Crippen LogP contribution in [0, 0.1) is 18.6 Å². The van der Waals surface area contributed by atoms with E-state index in [4.69, 9.17) is 5.73 Å². The molecule has 0 fully saturated rings. The van der Waals surface area contributed by atoms with Crippen LogP contribution in [-0.4, -0.2) is 55.9 Å². The van der Waals surface area contributed by atoms with Crippen molar-refractivity contribution in [1.29, 1.82) is 0 Å². The van der Waals surface area contributed by atoms with Gasteiger partial charge in [0.25, 0.3) is 5.91 Å². The highest BCUT2D eigenvalue weighted by atomic mass is 32.2. The van der Waals surface area contributed by atoms with Crippen molar-refractivity contribution in [1.82, 2.24) is 14.3 Å². The summed E-state index contributed by atoms with van der Waals surface area (Å²) in [7, 11) is -2.60. The average Bonchev–Trinajstić information content (AvgIpc) is 2.71. The minimum Gasteiger partial charge on any atom is -0.369 e. The van der Waals surface area contributed by atoms with E-state index in [1.165, 1.54) is 20.9 Å². The predicted octanol–water partition coefficient (Wildman–Crippen LogP) is 2.74. The molecule has 0 saturated carbocycles. The molecule has 3 heterocycles. The van der Waals surface area contributed by atoms with Gasteiger partial charge in [-0.25, -0.2) is 32.3 Å². The van der Waals surface area contributed by atoms with E-state index in [9.17, 15) is 31.0 Å². The third-order valence-electron chi connectivity index (χ3n) is 4.88. The summed E-state index contributed by atoms with van der Waals surface area (Å²) in [6, 6.07) is 3.18. The number of aryl methyl sites for hydroxylation is 1. The second-order valence-electron chi connectivity index (χ2n) is 7.69. The summed E-state index contributed by atoms with van der Waals surface area (Å²) < 4.78 is 83.5. The lowest BCUT2D eigenvalue weighted by molar-refractivity contribution is -0.117. The van der Waals surface area contributed by atoms with Crippen LogP contribution < -0.4 is 11.1 Å². The van der Waals surface area contributed by atoms with Gasteiger partial charge in [-0.15, -0.1) is 0 Å². The molecular weight excluding hydrogens is 485 g/mol. The second kappa shape index (κ2) is 8.77. The molecule has 0 aliphatic carbocycles. The molecule has 15 heteroatoms. The van der Waals surface area contributed by atoms with Gasteiger partial charge in [0.1, 0.15) is 50.8 Å². The number of pyridine rings is 2. The largest absolute Gasteiger partial charge is 0.408 e. The number of alkyl halides is 3. The number of carbonyl (C=O) groups excluding carboxylic acids is 1. The van der Waals surface area contributed by atoms with Gasteiger partial charge < -0.3 is 11.1 Å². The van der Waals surface area contributed by atoms with Crippen molar-refractivity contribution < 1.29 is 31.0 Å². The first kappa shape index (κ1) is 25.3. The van der Waals surface area contributed by atoms with Crippen LogP contribution in [0.2, 0.25) is 0 Å². The summed E-state index contributed by atoms with van der Waals surface area (Å²) in [6.45, 7) is 1.06.